The molecule has 3 heterocycles. The second-order valence-corrected chi connectivity index (χ2v) is 8.52. The van der Waals surface area contributed by atoms with Crippen LogP contribution in [0.2, 0.25) is 0 Å². The molecule has 0 radical (unpaired) electrons. The topological polar surface area (TPSA) is 110 Å². The molecule has 0 spiro atoms. The van der Waals surface area contributed by atoms with E-state index in [4.69, 9.17) is 4.74 Å². The Labute approximate surface area is 199 Å². The SMILES string of the molecule is C=CCOc1cccc(C2C(=C(O)c3ccncc3)C(=O)C(=O)N2c2nc(C)c(C(C)=O)s2)c1. The van der Waals surface area contributed by atoms with Crippen LogP contribution >= 0.6 is 11.3 Å². The van der Waals surface area contributed by atoms with Gasteiger partial charge in [0.25, 0.3) is 5.78 Å². The van der Waals surface area contributed by atoms with E-state index in [-0.39, 0.29) is 28.9 Å². The maximum atomic E-state index is 13.2. The van der Waals surface area contributed by atoms with Crippen molar-refractivity contribution in [3.8, 4) is 5.75 Å². The first-order valence-corrected chi connectivity index (χ1v) is 11.2. The Bertz CT molecular complexity index is 1330. The third-order valence-corrected chi connectivity index (χ3v) is 6.51. The highest BCUT2D eigenvalue weighted by Gasteiger charge is 2.48. The molecule has 1 atom stereocenters. The number of aryl methyl sites for hydroxylation is 1. The highest BCUT2D eigenvalue weighted by Crippen LogP contribution is 2.44. The molecule has 1 fully saturated rings. The maximum Gasteiger partial charge on any atom is 0.301 e. The van der Waals surface area contributed by atoms with Crippen LogP contribution in [0.25, 0.3) is 5.76 Å². The first kappa shape index (κ1) is 23.1. The summed E-state index contributed by atoms with van der Waals surface area (Å²) in [7, 11) is 0. The number of pyridine rings is 1. The van der Waals surface area contributed by atoms with Crippen molar-refractivity contribution in [3.63, 3.8) is 0 Å². The third-order valence-electron chi connectivity index (χ3n) is 5.25. The number of thiazole rings is 1. The van der Waals surface area contributed by atoms with Crippen molar-refractivity contribution in [1.82, 2.24) is 9.97 Å². The molecule has 1 saturated heterocycles. The summed E-state index contributed by atoms with van der Waals surface area (Å²) >= 11 is 1.03. The van der Waals surface area contributed by atoms with Crippen molar-refractivity contribution >= 4 is 39.7 Å². The summed E-state index contributed by atoms with van der Waals surface area (Å²) in [6, 6.07) is 9.01. The predicted octanol–water partition coefficient (Wildman–Crippen LogP) is 4.24. The van der Waals surface area contributed by atoms with E-state index in [1.54, 1.807) is 49.4 Å². The molecule has 4 rings (SSSR count). The summed E-state index contributed by atoms with van der Waals surface area (Å²) in [6.45, 7) is 7.00. The van der Waals surface area contributed by atoms with E-state index >= 15 is 0 Å². The summed E-state index contributed by atoms with van der Waals surface area (Å²) in [6.07, 6.45) is 4.56. The number of aliphatic hydroxyl groups excluding tert-OH is 1. The number of rotatable bonds is 7. The van der Waals surface area contributed by atoms with Crippen LogP contribution in [0.15, 0.2) is 67.0 Å². The minimum atomic E-state index is -0.981. The van der Waals surface area contributed by atoms with Gasteiger partial charge in [0.05, 0.1) is 22.2 Å². The van der Waals surface area contributed by atoms with E-state index in [2.05, 4.69) is 16.5 Å². The summed E-state index contributed by atoms with van der Waals surface area (Å²) < 4.78 is 5.63. The van der Waals surface area contributed by atoms with Crippen LogP contribution < -0.4 is 9.64 Å². The van der Waals surface area contributed by atoms with Gasteiger partial charge in [-0.3, -0.25) is 24.3 Å². The molecule has 1 aliphatic heterocycles. The molecule has 34 heavy (non-hydrogen) atoms. The molecule has 1 unspecified atom stereocenters. The van der Waals surface area contributed by atoms with Gasteiger partial charge >= 0.3 is 5.91 Å². The van der Waals surface area contributed by atoms with Crippen LogP contribution in [-0.2, 0) is 9.59 Å². The number of ketones is 2. The molecule has 1 aromatic carbocycles. The average molecular weight is 476 g/mol. The number of carbonyl (C=O) groups is 3. The second-order valence-electron chi connectivity index (χ2n) is 7.54. The number of nitrogens with zero attached hydrogens (tertiary/aromatic N) is 3. The first-order valence-electron chi connectivity index (χ1n) is 10.4. The van der Waals surface area contributed by atoms with Crippen molar-refractivity contribution in [1.29, 1.82) is 0 Å². The van der Waals surface area contributed by atoms with Gasteiger partial charge in [0.15, 0.2) is 10.9 Å². The van der Waals surface area contributed by atoms with Crippen LogP contribution in [0.5, 0.6) is 5.75 Å². The zero-order chi connectivity index (χ0) is 24.4. The van der Waals surface area contributed by atoms with Gasteiger partial charge in [-0.2, -0.15) is 0 Å². The molecule has 0 bridgehead atoms. The number of amides is 1. The lowest BCUT2D eigenvalue weighted by Crippen LogP contribution is -2.29. The van der Waals surface area contributed by atoms with Gasteiger partial charge < -0.3 is 9.84 Å². The number of ether oxygens (including phenoxy) is 1. The molecular weight excluding hydrogens is 454 g/mol. The van der Waals surface area contributed by atoms with Crippen LogP contribution in [-0.4, -0.2) is 39.2 Å². The van der Waals surface area contributed by atoms with Crippen molar-refractivity contribution in [3.05, 3.63) is 88.7 Å². The molecule has 2 aromatic heterocycles. The van der Waals surface area contributed by atoms with Gasteiger partial charge in [0.2, 0.25) is 0 Å². The minimum absolute atomic E-state index is 0.0886. The Hall–Kier alpha value is -4.11. The lowest BCUT2D eigenvalue weighted by Gasteiger charge is -2.23. The van der Waals surface area contributed by atoms with Crippen LogP contribution in [0.4, 0.5) is 5.13 Å². The highest BCUT2D eigenvalue weighted by molar-refractivity contribution is 7.18. The lowest BCUT2D eigenvalue weighted by molar-refractivity contribution is -0.132. The maximum absolute atomic E-state index is 13.2. The molecule has 8 nitrogen and oxygen atoms in total. The number of Topliss-reactive ketones (excluding diaryl/α,β-unsaturated/α-hetero) is 2. The van der Waals surface area contributed by atoms with E-state index in [1.807, 2.05) is 0 Å². The molecule has 3 aromatic rings. The zero-order valence-electron chi connectivity index (χ0n) is 18.5. The van der Waals surface area contributed by atoms with E-state index in [9.17, 15) is 19.5 Å². The molecule has 9 heteroatoms. The van der Waals surface area contributed by atoms with Gasteiger partial charge in [0, 0.05) is 24.9 Å². The fourth-order valence-electron chi connectivity index (χ4n) is 3.75. The van der Waals surface area contributed by atoms with Crippen molar-refractivity contribution < 1.29 is 24.2 Å². The fraction of sp³-hybridized carbons (Fsp3) is 0.160. The molecule has 1 aliphatic rings. The number of carbonyl (C=O) groups excluding carboxylic acids is 3. The number of anilines is 1. The van der Waals surface area contributed by atoms with E-state index in [0.29, 0.717) is 27.4 Å². The third kappa shape index (κ3) is 4.13. The van der Waals surface area contributed by atoms with Gasteiger partial charge in [-0.05, 0) is 36.8 Å². The monoisotopic (exact) mass is 475 g/mol. The largest absolute Gasteiger partial charge is 0.507 e. The smallest absolute Gasteiger partial charge is 0.301 e. The predicted molar refractivity (Wildman–Crippen MR) is 128 cm³/mol. The van der Waals surface area contributed by atoms with Gasteiger partial charge in [-0.25, -0.2) is 4.98 Å². The molecule has 1 amide bonds. The number of benzene rings is 1. The van der Waals surface area contributed by atoms with Gasteiger partial charge in [-0.1, -0.05) is 36.1 Å². The van der Waals surface area contributed by atoms with Gasteiger partial charge in [-0.15, -0.1) is 0 Å². The quantitative estimate of drug-likeness (QED) is 0.179. The average Bonchev–Trinajstić information content (AvgIpc) is 3.35. The van der Waals surface area contributed by atoms with Crippen molar-refractivity contribution in [2.75, 3.05) is 11.5 Å². The van der Waals surface area contributed by atoms with E-state index in [0.717, 1.165) is 11.3 Å². The minimum Gasteiger partial charge on any atom is -0.507 e. The summed E-state index contributed by atoms with van der Waals surface area (Å²) in [4.78, 5) is 48.4. The lowest BCUT2D eigenvalue weighted by atomic mass is 9.95. The highest BCUT2D eigenvalue weighted by atomic mass is 32.1. The summed E-state index contributed by atoms with van der Waals surface area (Å²) in [5, 5.41) is 11.3. The van der Waals surface area contributed by atoms with Crippen molar-refractivity contribution in [2.45, 2.75) is 19.9 Å². The zero-order valence-corrected chi connectivity index (χ0v) is 19.3. The van der Waals surface area contributed by atoms with Crippen LogP contribution in [0.3, 0.4) is 0 Å². The number of hydrogen-bond donors (Lipinski definition) is 1. The Morgan fingerprint density at radius 3 is 2.65 bits per heavy atom. The Morgan fingerprint density at radius 1 is 1.26 bits per heavy atom. The Morgan fingerprint density at radius 2 is 2.00 bits per heavy atom. The molecule has 172 valence electrons. The van der Waals surface area contributed by atoms with E-state index in [1.165, 1.54) is 24.2 Å². The normalized spacial score (nSPS) is 17.1. The number of hydrogen-bond acceptors (Lipinski definition) is 8. The Kier molecular flexibility index (Phi) is 6.38. The number of aromatic nitrogens is 2. The number of aliphatic hydroxyl groups is 1. The molecule has 0 saturated carbocycles. The molecule has 0 aliphatic carbocycles. The summed E-state index contributed by atoms with van der Waals surface area (Å²) in [5.74, 6) is -1.71. The molecular formula is C25H21N3O5S. The van der Waals surface area contributed by atoms with E-state index < -0.39 is 17.7 Å². The first-order chi connectivity index (χ1) is 16.3. The van der Waals surface area contributed by atoms with Crippen LogP contribution in [0.1, 0.15) is 39.5 Å². The summed E-state index contributed by atoms with van der Waals surface area (Å²) in [5.41, 5.74) is 1.25. The van der Waals surface area contributed by atoms with Crippen LogP contribution in [0, 0.1) is 6.92 Å². The second kappa shape index (κ2) is 9.40. The Balaban J connectivity index is 1.93. The molecule has 1 N–H and O–H groups in total. The van der Waals surface area contributed by atoms with Gasteiger partial charge in [0.1, 0.15) is 18.1 Å². The standard InChI is InChI=1S/C25H21N3O5S/c1-4-12-33-18-7-5-6-17(13-18)20-19(21(30)16-8-10-26-11-9-16)22(31)24(32)28(20)25-27-14(2)23(34-25)15(3)29/h4-11,13,20,30H,1,12H2,2-3H3. The van der Waals surface area contributed by atoms with Crippen molar-refractivity contribution in [2.24, 2.45) is 0 Å². The fourth-order valence-corrected chi connectivity index (χ4v) is 4.74.